The molecule has 0 aromatic heterocycles. The topological polar surface area (TPSA) is 3.24 Å². The first-order chi connectivity index (χ1) is 7.26. The van der Waals surface area contributed by atoms with Gasteiger partial charge in [-0.1, -0.05) is 33.1 Å². The van der Waals surface area contributed by atoms with Gasteiger partial charge in [-0.05, 0) is 31.7 Å². The smallest absolute Gasteiger partial charge is 0.0463 e. The molecule has 0 amide bonds. The van der Waals surface area contributed by atoms with Crippen molar-refractivity contribution in [3.8, 4) is 0 Å². The van der Waals surface area contributed by atoms with Crippen LogP contribution in [0.4, 0.5) is 0 Å². The summed E-state index contributed by atoms with van der Waals surface area (Å²) >= 11 is 6.20. The highest BCUT2D eigenvalue weighted by Crippen LogP contribution is 2.19. The van der Waals surface area contributed by atoms with Crippen molar-refractivity contribution in [3.63, 3.8) is 0 Å². The second-order valence-electron chi connectivity index (χ2n) is 4.92. The van der Waals surface area contributed by atoms with E-state index in [0.717, 1.165) is 12.5 Å². The van der Waals surface area contributed by atoms with Crippen LogP contribution in [0, 0.1) is 5.92 Å². The second kappa shape index (κ2) is 7.51. The van der Waals surface area contributed by atoms with Crippen LogP contribution in [0.2, 0.25) is 0 Å². The van der Waals surface area contributed by atoms with Crippen LogP contribution in [-0.2, 0) is 0 Å². The lowest BCUT2D eigenvalue weighted by atomic mass is 9.97. The van der Waals surface area contributed by atoms with E-state index in [-0.39, 0.29) is 0 Å². The zero-order chi connectivity index (χ0) is 11.1. The molecule has 0 spiro atoms. The molecule has 0 N–H and O–H groups in total. The van der Waals surface area contributed by atoms with Crippen LogP contribution < -0.4 is 0 Å². The van der Waals surface area contributed by atoms with Crippen LogP contribution in [-0.4, -0.2) is 29.9 Å². The molecule has 2 heteroatoms. The summed E-state index contributed by atoms with van der Waals surface area (Å²) < 4.78 is 0. The van der Waals surface area contributed by atoms with Gasteiger partial charge in [0.1, 0.15) is 0 Å². The largest absolute Gasteiger partial charge is 0.302 e. The van der Waals surface area contributed by atoms with E-state index < -0.39 is 0 Å². The fourth-order valence-corrected chi connectivity index (χ4v) is 2.80. The van der Waals surface area contributed by atoms with E-state index >= 15 is 0 Å². The monoisotopic (exact) mass is 231 g/mol. The van der Waals surface area contributed by atoms with E-state index in [4.69, 9.17) is 11.6 Å². The van der Waals surface area contributed by atoms with Gasteiger partial charge in [0.2, 0.25) is 0 Å². The summed E-state index contributed by atoms with van der Waals surface area (Å²) in [6.45, 7) is 8.26. The summed E-state index contributed by atoms with van der Waals surface area (Å²) in [6.07, 6.45) is 7.94. The van der Waals surface area contributed by atoms with Gasteiger partial charge in [-0.2, -0.15) is 0 Å². The van der Waals surface area contributed by atoms with Crippen molar-refractivity contribution in [3.05, 3.63) is 0 Å². The van der Waals surface area contributed by atoms with E-state index in [1.807, 2.05) is 0 Å². The molecule has 1 nitrogen and oxygen atoms in total. The van der Waals surface area contributed by atoms with Crippen molar-refractivity contribution in [2.45, 2.75) is 57.7 Å². The fraction of sp³-hybridized carbons (Fsp3) is 1.00. The molecule has 1 heterocycles. The first kappa shape index (κ1) is 13.3. The molecule has 0 bridgehead atoms. The van der Waals surface area contributed by atoms with E-state index in [9.17, 15) is 0 Å². The molecule has 1 aliphatic rings. The second-order valence-corrected chi connectivity index (χ2v) is 5.53. The molecular weight excluding hydrogens is 206 g/mol. The predicted molar refractivity (Wildman–Crippen MR) is 68.6 cm³/mol. The maximum absolute atomic E-state index is 6.20. The Morgan fingerprint density at radius 3 is 2.80 bits per heavy atom. The predicted octanol–water partition coefficient (Wildman–Crippen LogP) is 3.91. The number of hydrogen-bond acceptors (Lipinski definition) is 1. The number of rotatable bonds is 6. The molecular formula is C13H26ClN. The highest BCUT2D eigenvalue weighted by molar-refractivity contribution is 6.20. The van der Waals surface area contributed by atoms with Crippen molar-refractivity contribution in [1.29, 1.82) is 0 Å². The summed E-state index contributed by atoms with van der Waals surface area (Å²) in [5, 5.41) is 0.405. The fourth-order valence-electron chi connectivity index (χ4n) is 2.45. The Labute approximate surface area is 100 Å². The van der Waals surface area contributed by atoms with Crippen LogP contribution in [0.5, 0.6) is 0 Å². The van der Waals surface area contributed by atoms with Gasteiger partial charge in [0.25, 0.3) is 0 Å². The Bertz CT molecular complexity index is 161. The van der Waals surface area contributed by atoms with Crippen molar-refractivity contribution in [1.82, 2.24) is 4.90 Å². The van der Waals surface area contributed by atoms with E-state index in [1.54, 1.807) is 0 Å². The number of halogens is 1. The van der Waals surface area contributed by atoms with Crippen LogP contribution in [0.3, 0.4) is 0 Å². The van der Waals surface area contributed by atoms with Gasteiger partial charge in [0.05, 0.1) is 0 Å². The molecule has 1 aliphatic heterocycles. The first-order valence-electron chi connectivity index (χ1n) is 6.62. The van der Waals surface area contributed by atoms with Gasteiger partial charge in [-0.15, -0.1) is 11.6 Å². The number of hydrogen-bond donors (Lipinski definition) is 0. The lowest BCUT2D eigenvalue weighted by molar-refractivity contribution is 0.189. The van der Waals surface area contributed by atoms with Gasteiger partial charge < -0.3 is 4.90 Å². The summed E-state index contributed by atoms with van der Waals surface area (Å²) in [5.74, 6) is 0.895. The third-order valence-electron chi connectivity index (χ3n) is 3.51. The molecule has 2 unspecified atom stereocenters. The normalized spacial score (nSPS) is 25.4. The third kappa shape index (κ3) is 5.21. The average Bonchev–Trinajstić information content (AvgIpc) is 2.24. The van der Waals surface area contributed by atoms with Gasteiger partial charge in [-0.25, -0.2) is 0 Å². The highest BCUT2D eigenvalue weighted by atomic mass is 35.5. The molecule has 1 fully saturated rings. The average molecular weight is 232 g/mol. The Morgan fingerprint density at radius 1 is 1.40 bits per heavy atom. The summed E-state index contributed by atoms with van der Waals surface area (Å²) in [5.41, 5.74) is 0. The van der Waals surface area contributed by atoms with Crippen LogP contribution >= 0.6 is 11.6 Å². The van der Waals surface area contributed by atoms with Crippen LogP contribution in [0.1, 0.15) is 52.4 Å². The molecule has 90 valence electrons. The standard InChI is InChI=1S/C13H26ClN/c1-3-5-7-12(4-2)10-15-9-6-8-13(14)11-15/h12-13H,3-11H2,1-2H3. The minimum absolute atomic E-state index is 0.405. The summed E-state index contributed by atoms with van der Waals surface area (Å²) in [7, 11) is 0. The maximum atomic E-state index is 6.20. The molecule has 0 aromatic rings. The van der Waals surface area contributed by atoms with Gasteiger partial charge in [0.15, 0.2) is 0 Å². The maximum Gasteiger partial charge on any atom is 0.0463 e. The molecule has 2 atom stereocenters. The Kier molecular flexibility index (Phi) is 6.67. The summed E-state index contributed by atoms with van der Waals surface area (Å²) in [6, 6.07) is 0. The molecule has 15 heavy (non-hydrogen) atoms. The zero-order valence-corrected chi connectivity index (χ0v) is 11.1. The van der Waals surface area contributed by atoms with E-state index in [2.05, 4.69) is 18.7 Å². The zero-order valence-electron chi connectivity index (χ0n) is 10.3. The third-order valence-corrected chi connectivity index (χ3v) is 3.86. The molecule has 1 saturated heterocycles. The molecule has 0 radical (unpaired) electrons. The van der Waals surface area contributed by atoms with E-state index in [0.29, 0.717) is 5.38 Å². The highest BCUT2D eigenvalue weighted by Gasteiger charge is 2.19. The Morgan fingerprint density at radius 2 is 2.20 bits per heavy atom. The molecule has 0 aromatic carbocycles. The number of alkyl halides is 1. The van der Waals surface area contributed by atoms with Gasteiger partial charge in [-0.3, -0.25) is 0 Å². The Balaban J connectivity index is 2.24. The van der Waals surface area contributed by atoms with Crippen molar-refractivity contribution < 1.29 is 0 Å². The number of nitrogens with zero attached hydrogens (tertiary/aromatic N) is 1. The van der Waals surface area contributed by atoms with E-state index in [1.165, 1.54) is 51.6 Å². The van der Waals surface area contributed by atoms with Crippen LogP contribution in [0.15, 0.2) is 0 Å². The van der Waals surface area contributed by atoms with Crippen molar-refractivity contribution in [2.24, 2.45) is 5.92 Å². The first-order valence-corrected chi connectivity index (χ1v) is 7.06. The number of likely N-dealkylation sites (tertiary alicyclic amines) is 1. The van der Waals surface area contributed by atoms with Crippen LogP contribution in [0.25, 0.3) is 0 Å². The van der Waals surface area contributed by atoms with Gasteiger partial charge >= 0.3 is 0 Å². The Hall–Kier alpha value is 0.250. The number of unbranched alkanes of at least 4 members (excludes halogenated alkanes) is 1. The summed E-state index contributed by atoms with van der Waals surface area (Å²) in [4.78, 5) is 2.57. The minimum Gasteiger partial charge on any atom is -0.302 e. The SMILES string of the molecule is CCCCC(CC)CN1CCCC(Cl)C1. The van der Waals surface area contributed by atoms with Gasteiger partial charge in [0, 0.05) is 18.5 Å². The molecule has 0 aliphatic carbocycles. The van der Waals surface area contributed by atoms with Crippen molar-refractivity contribution >= 4 is 11.6 Å². The lowest BCUT2D eigenvalue weighted by Gasteiger charge is -2.32. The minimum atomic E-state index is 0.405. The molecule has 1 rings (SSSR count). The number of piperidine rings is 1. The quantitative estimate of drug-likeness (QED) is 0.627. The van der Waals surface area contributed by atoms with Crippen molar-refractivity contribution in [2.75, 3.05) is 19.6 Å². The molecule has 0 saturated carbocycles. The lowest BCUT2D eigenvalue weighted by Crippen LogP contribution is -2.39.